The summed E-state index contributed by atoms with van der Waals surface area (Å²) in [4.78, 5) is 14.0. The second kappa shape index (κ2) is 6.51. The highest BCUT2D eigenvalue weighted by Gasteiger charge is 2.24. The second-order valence-corrected chi connectivity index (χ2v) is 4.63. The number of ether oxygens (including phenoxy) is 1. The van der Waals surface area contributed by atoms with E-state index in [0.717, 1.165) is 0 Å². The van der Waals surface area contributed by atoms with Crippen LogP contribution in [0.5, 0.6) is 0 Å². The van der Waals surface area contributed by atoms with E-state index in [9.17, 15) is 9.18 Å². The zero-order valence-corrected chi connectivity index (χ0v) is 11.4. The van der Waals surface area contributed by atoms with Crippen molar-refractivity contribution in [3.05, 3.63) is 35.1 Å². The van der Waals surface area contributed by atoms with Crippen molar-refractivity contribution in [2.24, 2.45) is 5.73 Å². The fourth-order valence-corrected chi connectivity index (χ4v) is 2.09. The number of nitrogens with two attached hydrogens (primary N) is 1. The minimum Gasteiger partial charge on any atom is -0.375 e. The van der Waals surface area contributed by atoms with Gasteiger partial charge in [-0.25, -0.2) is 4.39 Å². The predicted octanol–water partition coefficient (Wildman–Crippen LogP) is 0.997. The topological polar surface area (TPSA) is 55.6 Å². The minimum atomic E-state index is -0.535. The molecule has 2 N–H and O–H groups in total. The molecule has 20 heavy (non-hydrogen) atoms. The largest absolute Gasteiger partial charge is 0.375 e. The molecule has 2 rings (SSSR count). The number of hydrogen-bond donors (Lipinski definition) is 1. The summed E-state index contributed by atoms with van der Waals surface area (Å²) in [6.07, 6.45) is -0.0315. The van der Waals surface area contributed by atoms with Crippen molar-refractivity contribution >= 4 is 5.91 Å². The van der Waals surface area contributed by atoms with Crippen LogP contribution in [0.1, 0.15) is 22.8 Å². The Kier molecular flexibility index (Phi) is 4.72. The summed E-state index contributed by atoms with van der Waals surface area (Å²) in [7, 11) is 0. The van der Waals surface area contributed by atoms with Gasteiger partial charge in [0.05, 0.1) is 24.8 Å². The number of nitrogens with zero attached hydrogens (tertiary/aromatic N) is 1. The van der Waals surface area contributed by atoms with E-state index in [1.807, 2.05) is 6.92 Å². The Morgan fingerprint density at radius 1 is 1.60 bits per heavy atom. The molecule has 1 aromatic carbocycles. The number of benzene rings is 1. The molecule has 0 bridgehead atoms. The van der Waals surface area contributed by atoms with Gasteiger partial charge >= 0.3 is 0 Å². The molecule has 1 fully saturated rings. The van der Waals surface area contributed by atoms with Crippen LogP contribution in [0.3, 0.4) is 0 Å². The van der Waals surface area contributed by atoms with Crippen LogP contribution in [0.25, 0.3) is 0 Å². The van der Waals surface area contributed by atoms with Crippen LogP contribution in [0.2, 0.25) is 0 Å². The van der Waals surface area contributed by atoms with Crippen LogP contribution >= 0.6 is 0 Å². The zero-order chi connectivity index (χ0) is 14.5. The molecule has 4 nitrogen and oxygen atoms in total. The maximum atomic E-state index is 13.8. The van der Waals surface area contributed by atoms with E-state index < -0.39 is 5.82 Å². The summed E-state index contributed by atoms with van der Waals surface area (Å²) in [5.41, 5.74) is 5.93. The molecule has 0 aliphatic carbocycles. The van der Waals surface area contributed by atoms with Gasteiger partial charge in [0.25, 0.3) is 5.91 Å². The van der Waals surface area contributed by atoms with Gasteiger partial charge in [-0.15, -0.1) is 0 Å². The lowest BCUT2D eigenvalue weighted by atomic mass is 10.1. The molecule has 1 aliphatic heterocycles. The van der Waals surface area contributed by atoms with Crippen LogP contribution in [0.4, 0.5) is 4.39 Å². The molecule has 1 saturated heterocycles. The van der Waals surface area contributed by atoms with E-state index in [1.165, 1.54) is 18.2 Å². The van der Waals surface area contributed by atoms with Gasteiger partial charge in [-0.2, -0.15) is 0 Å². The highest BCUT2D eigenvalue weighted by atomic mass is 19.1. The molecule has 0 aromatic heterocycles. The Bertz CT molecular complexity index is 563. The number of amides is 1. The summed E-state index contributed by atoms with van der Waals surface area (Å²) >= 11 is 0. The summed E-state index contributed by atoms with van der Waals surface area (Å²) in [6.45, 7) is 3.53. The quantitative estimate of drug-likeness (QED) is 0.778. The van der Waals surface area contributed by atoms with E-state index in [0.29, 0.717) is 25.3 Å². The van der Waals surface area contributed by atoms with Gasteiger partial charge < -0.3 is 15.4 Å². The normalized spacial score (nSPS) is 18.4. The van der Waals surface area contributed by atoms with Crippen molar-refractivity contribution in [2.75, 3.05) is 26.2 Å². The molecule has 1 aromatic rings. The van der Waals surface area contributed by atoms with E-state index in [1.54, 1.807) is 4.90 Å². The van der Waals surface area contributed by atoms with Gasteiger partial charge in [0.15, 0.2) is 0 Å². The molecule has 1 unspecified atom stereocenters. The van der Waals surface area contributed by atoms with E-state index in [4.69, 9.17) is 10.5 Å². The van der Waals surface area contributed by atoms with Gasteiger partial charge in [0.2, 0.25) is 0 Å². The molecule has 106 valence electrons. The summed E-state index contributed by atoms with van der Waals surface area (Å²) in [5, 5.41) is 0. The van der Waals surface area contributed by atoms with Crippen LogP contribution < -0.4 is 5.73 Å². The van der Waals surface area contributed by atoms with Gasteiger partial charge in [-0.3, -0.25) is 4.79 Å². The highest BCUT2D eigenvalue weighted by molar-refractivity contribution is 5.95. The molecular weight excluding hydrogens is 259 g/mol. The standard InChI is InChI=1S/C15H17FN2O2/c1-11-10-18(7-8-20-11)15(19)13-9-12(3-2-6-17)4-5-14(13)16/h4-5,9,11H,6-8,10,17H2,1H3. The molecule has 0 saturated carbocycles. The Labute approximate surface area is 117 Å². The second-order valence-electron chi connectivity index (χ2n) is 4.63. The monoisotopic (exact) mass is 276 g/mol. The Hall–Kier alpha value is -1.90. The van der Waals surface area contributed by atoms with E-state index in [-0.39, 0.29) is 24.1 Å². The van der Waals surface area contributed by atoms with E-state index >= 15 is 0 Å². The first-order valence-electron chi connectivity index (χ1n) is 6.51. The third-order valence-corrected chi connectivity index (χ3v) is 3.06. The van der Waals surface area contributed by atoms with Gasteiger partial charge in [-0.1, -0.05) is 11.8 Å². The van der Waals surface area contributed by atoms with Crippen molar-refractivity contribution in [3.63, 3.8) is 0 Å². The zero-order valence-electron chi connectivity index (χ0n) is 11.4. The molecule has 1 heterocycles. The van der Waals surface area contributed by atoms with Crippen molar-refractivity contribution < 1.29 is 13.9 Å². The number of hydrogen-bond acceptors (Lipinski definition) is 3. The molecule has 5 heteroatoms. The molecule has 1 aliphatic rings. The first kappa shape index (κ1) is 14.5. The number of morpholine rings is 1. The van der Waals surface area contributed by atoms with Crippen molar-refractivity contribution in [1.29, 1.82) is 0 Å². The summed E-state index contributed by atoms with van der Waals surface area (Å²) < 4.78 is 19.2. The molecule has 1 amide bonds. The van der Waals surface area contributed by atoms with E-state index in [2.05, 4.69) is 11.8 Å². The van der Waals surface area contributed by atoms with Crippen molar-refractivity contribution in [2.45, 2.75) is 13.0 Å². The third kappa shape index (κ3) is 3.35. The lowest BCUT2D eigenvalue weighted by molar-refractivity contribution is -0.0125. The molecule has 0 radical (unpaired) electrons. The third-order valence-electron chi connectivity index (χ3n) is 3.06. The number of halogens is 1. The summed E-state index contributed by atoms with van der Waals surface area (Å²) in [5.74, 6) is 4.63. The van der Waals surface area contributed by atoms with Crippen LogP contribution in [0.15, 0.2) is 18.2 Å². The number of carbonyl (C=O) groups excluding carboxylic acids is 1. The Balaban J connectivity index is 2.24. The predicted molar refractivity (Wildman–Crippen MR) is 73.6 cm³/mol. The molecule has 1 atom stereocenters. The fourth-order valence-electron chi connectivity index (χ4n) is 2.09. The average Bonchev–Trinajstić information content (AvgIpc) is 2.45. The smallest absolute Gasteiger partial charge is 0.257 e. The van der Waals surface area contributed by atoms with Gasteiger partial charge in [-0.05, 0) is 25.1 Å². The Morgan fingerprint density at radius 3 is 3.10 bits per heavy atom. The SMILES string of the molecule is CC1CN(C(=O)c2cc(C#CCN)ccc2F)CCO1. The van der Waals surface area contributed by atoms with Gasteiger partial charge in [0.1, 0.15) is 5.82 Å². The van der Waals surface area contributed by atoms with Gasteiger partial charge in [0, 0.05) is 18.7 Å². The van der Waals surface area contributed by atoms with Crippen LogP contribution in [-0.2, 0) is 4.74 Å². The first-order valence-corrected chi connectivity index (χ1v) is 6.51. The molecule has 0 spiro atoms. The van der Waals surface area contributed by atoms with Crippen molar-refractivity contribution in [1.82, 2.24) is 4.90 Å². The first-order chi connectivity index (χ1) is 9.61. The maximum absolute atomic E-state index is 13.8. The minimum absolute atomic E-state index is 0.0315. The molecular formula is C15H17FN2O2. The number of carbonyl (C=O) groups is 1. The Morgan fingerprint density at radius 2 is 2.40 bits per heavy atom. The highest BCUT2D eigenvalue weighted by Crippen LogP contribution is 2.15. The fraction of sp³-hybridized carbons (Fsp3) is 0.400. The maximum Gasteiger partial charge on any atom is 0.257 e. The van der Waals surface area contributed by atoms with Crippen LogP contribution in [0, 0.1) is 17.7 Å². The van der Waals surface area contributed by atoms with Crippen molar-refractivity contribution in [3.8, 4) is 11.8 Å². The lowest BCUT2D eigenvalue weighted by Crippen LogP contribution is -2.44. The average molecular weight is 276 g/mol. The number of rotatable bonds is 1. The van der Waals surface area contributed by atoms with Crippen LogP contribution in [-0.4, -0.2) is 43.2 Å². The summed E-state index contributed by atoms with van der Waals surface area (Å²) in [6, 6.07) is 4.27. The lowest BCUT2D eigenvalue weighted by Gasteiger charge is -2.31.